The minimum absolute atomic E-state index is 0.507. The Labute approximate surface area is 76.0 Å². The van der Waals surface area contributed by atoms with Crippen molar-refractivity contribution in [2.24, 2.45) is 0 Å². The Hall–Kier alpha value is -0.370. The number of aromatic nitrogens is 1. The molecule has 60 valence electrons. The van der Waals surface area contributed by atoms with Gasteiger partial charge in [-0.05, 0) is 40.4 Å². The minimum Gasteiger partial charge on any atom is -0.245 e. The van der Waals surface area contributed by atoms with Crippen molar-refractivity contribution in [3.05, 3.63) is 28.0 Å². The molecule has 0 radical (unpaired) electrons. The predicted octanol–water partition coefficient (Wildman–Crippen LogP) is 3.28. The Morgan fingerprint density at radius 2 is 2.00 bits per heavy atom. The van der Waals surface area contributed by atoms with Crippen molar-refractivity contribution in [3.8, 4) is 0 Å². The summed E-state index contributed by atoms with van der Waals surface area (Å²) in [6.45, 7) is 6.40. The molecule has 1 heterocycles. The van der Waals surface area contributed by atoms with E-state index in [9.17, 15) is 0 Å². The topological polar surface area (TPSA) is 12.9 Å². The third-order valence-electron chi connectivity index (χ3n) is 1.65. The van der Waals surface area contributed by atoms with Gasteiger partial charge in [-0.25, -0.2) is 4.98 Å². The molecular weight excluding hydrogens is 202 g/mol. The molecule has 0 saturated carbocycles. The highest BCUT2D eigenvalue weighted by atomic mass is 79.9. The molecule has 0 aliphatic carbocycles. The van der Waals surface area contributed by atoms with Crippen LogP contribution in [-0.2, 0) is 0 Å². The average Bonchev–Trinajstić information content (AvgIpc) is 1.94. The van der Waals surface area contributed by atoms with Gasteiger partial charge in [0.15, 0.2) is 0 Å². The summed E-state index contributed by atoms with van der Waals surface area (Å²) in [7, 11) is 0. The van der Waals surface area contributed by atoms with Gasteiger partial charge in [-0.3, -0.25) is 0 Å². The fourth-order valence-electron chi connectivity index (χ4n) is 1.10. The molecule has 2 heteroatoms. The largest absolute Gasteiger partial charge is 0.245 e. The zero-order valence-electron chi connectivity index (χ0n) is 7.06. The van der Waals surface area contributed by atoms with Crippen LogP contribution in [0, 0.1) is 6.92 Å². The molecule has 0 amide bonds. The second kappa shape index (κ2) is 3.35. The highest BCUT2D eigenvalue weighted by Crippen LogP contribution is 2.18. The summed E-state index contributed by atoms with van der Waals surface area (Å²) >= 11 is 3.35. The number of hydrogen-bond acceptors (Lipinski definition) is 1. The van der Waals surface area contributed by atoms with E-state index in [0.29, 0.717) is 5.92 Å². The van der Waals surface area contributed by atoms with Gasteiger partial charge in [-0.2, -0.15) is 0 Å². The van der Waals surface area contributed by atoms with Crippen LogP contribution in [0.15, 0.2) is 16.7 Å². The molecule has 1 nitrogen and oxygen atoms in total. The quantitative estimate of drug-likeness (QED) is 0.653. The molecule has 0 fully saturated rings. The van der Waals surface area contributed by atoms with E-state index < -0.39 is 0 Å². The van der Waals surface area contributed by atoms with Crippen LogP contribution in [0.5, 0.6) is 0 Å². The summed E-state index contributed by atoms with van der Waals surface area (Å²) < 4.78 is 0.923. The van der Waals surface area contributed by atoms with Crippen molar-refractivity contribution < 1.29 is 0 Å². The summed E-state index contributed by atoms with van der Waals surface area (Å²) in [4.78, 5) is 4.39. The van der Waals surface area contributed by atoms with Crippen molar-refractivity contribution in [2.45, 2.75) is 26.7 Å². The molecule has 1 aromatic heterocycles. The maximum atomic E-state index is 4.39. The second-order valence-corrected chi connectivity index (χ2v) is 3.80. The predicted molar refractivity (Wildman–Crippen MR) is 50.8 cm³/mol. The summed E-state index contributed by atoms with van der Waals surface area (Å²) in [5.41, 5.74) is 2.45. The third kappa shape index (κ3) is 2.03. The third-order valence-corrected chi connectivity index (χ3v) is 2.09. The number of pyridine rings is 1. The van der Waals surface area contributed by atoms with Crippen molar-refractivity contribution >= 4 is 15.9 Å². The number of nitrogens with zero attached hydrogens (tertiary/aromatic N) is 1. The van der Waals surface area contributed by atoms with E-state index in [0.717, 1.165) is 4.60 Å². The van der Waals surface area contributed by atoms with Crippen LogP contribution in [0.2, 0.25) is 0 Å². The lowest BCUT2D eigenvalue weighted by molar-refractivity contribution is 0.807. The first kappa shape index (κ1) is 8.72. The van der Waals surface area contributed by atoms with Gasteiger partial charge < -0.3 is 0 Å². The van der Waals surface area contributed by atoms with Gasteiger partial charge >= 0.3 is 0 Å². The van der Waals surface area contributed by atoms with Gasteiger partial charge in [0, 0.05) is 5.69 Å². The fraction of sp³-hybridized carbons (Fsp3) is 0.444. The molecule has 1 aromatic rings. The van der Waals surface area contributed by atoms with Crippen molar-refractivity contribution in [3.63, 3.8) is 0 Å². The Kier molecular flexibility index (Phi) is 2.66. The Morgan fingerprint density at radius 1 is 1.36 bits per heavy atom. The first-order valence-electron chi connectivity index (χ1n) is 3.74. The highest BCUT2D eigenvalue weighted by Gasteiger charge is 2.04. The Morgan fingerprint density at radius 3 is 2.45 bits per heavy atom. The van der Waals surface area contributed by atoms with E-state index in [-0.39, 0.29) is 0 Å². The maximum absolute atomic E-state index is 4.39. The summed E-state index contributed by atoms with van der Waals surface area (Å²) in [5.74, 6) is 0.507. The minimum atomic E-state index is 0.507. The van der Waals surface area contributed by atoms with Crippen molar-refractivity contribution in [1.29, 1.82) is 0 Å². The van der Waals surface area contributed by atoms with E-state index in [1.165, 1.54) is 11.3 Å². The summed E-state index contributed by atoms with van der Waals surface area (Å²) in [6, 6.07) is 4.06. The summed E-state index contributed by atoms with van der Waals surface area (Å²) in [5, 5.41) is 0. The Bertz CT molecular complexity index is 256. The molecule has 0 atom stereocenters. The molecule has 0 bridgehead atoms. The monoisotopic (exact) mass is 213 g/mol. The summed E-state index contributed by atoms with van der Waals surface area (Å²) in [6.07, 6.45) is 0. The van der Waals surface area contributed by atoms with Crippen LogP contribution in [0.3, 0.4) is 0 Å². The van der Waals surface area contributed by atoms with Crippen LogP contribution < -0.4 is 0 Å². The molecule has 11 heavy (non-hydrogen) atoms. The lowest BCUT2D eigenvalue weighted by Gasteiger charge is -2.07. The lowest BCUT2D eigenvalue weighted by Crippen LogP contribution is -1.96. The zero-order chi connectivity index (χ0) is 8.43. The maximum Gasteiger partial charge on any atom is 0.106 e. The molecule has 0 unspecified atom stereocenters. The van der Waals surface area contributed by atoms with E-state index in [2.05, 4.69) is 47.8 Å². The molecule has 0 N–H and O–H groups in total. The molecule has 1 rings (SSSR count). The highest BCUT2D eigenvalue weighted by molar-refractivity contribution is 9.10. The van der Waals surface area contributed by atoms with E-state index >= 15 is 0 Å². The number of hydrogen-bond donors (Lipinski definition) is 0. The van der Waals surface area contributed by atoms with Crippen LogP contribution in [-0.4, -0.2) is 4.98 Å². The molecular formula is C9H12BrN. The number of rotatable bonds is 1. The first-order valence-corrected chi connectivity index (χ1v) is 4.53. The Balaban J connectivity index is 3.13. The molecule has 0 aromatic carbocycles. The molecule has 0 spiro atoms. The van der Waals surface area contributed by atoms with Crippen LogP contribution in [0.1, 0.15) is 31.0 Å². The lowest BCUT2D eigenvalue weighted by atomic mass is 10.1. The number of halogens is 1. The van der Waals surface area contributed by atoms with E-state index in [1.54, 1.807) is 0 Å². The molecule has 0 aliphatic rings. The zero-order valence-corrected chi connectivity index (χ0v) is 8.64. The van der Waals surface area contributed by atoms with Gasteiger partial charge in [-0.15, -0.1) is 0 Å². The van der Waals surface area contributed by atoms with Crippen molar-refractivity contribution in [2.75, 3.05) is 0 Å². The van der Waals surface area contributed by atoms with Gasteiger partial charge in [0.2, 0.25) is 0 Å². The fourth-order valence-corrected chi connectivity index (χ4v) is 1.43. The van der Waals surface area contributed by atoms with E-state index in [4.69, 9.17) is 0 Å². The average molecular weight is 214 g/mol. The van der Waals surface area contributed by atoms with Gasteiger partial charge in [0.05, 0.1) is 0 Å². The standard InChI is InChI=1S/C9H12BrN/c1-6(2)9-7(3)4-5-8(10)11-9/h4-6H,1-3H3. The second-order valence-electron chi connectivity index (χ2n) is 2.99. The SMILES string of the molecule is Cc1ccc(Br)nc1C(C)C. The number of aryl methyl sites for hydroxylation is 1. The van der Waals surface area contributed by atoms with E-state index in [1.807, 2.05) is 6.07 Å². The van der Waals surface area contributed by atoms with Crippen LogP contribution in [0.4, 0.5) is 0 Å². The normalized spacial score (nSPS) is 10.6. The van der Waals surface area contributed by atoms with Crippen LogP contribution >= 0.6 is 15.9 Å². The van der Waals surface area contributed by atoms with Gasteiger partial charge in [0.25, 0.3) is 0 Å². The first-order chi connectivity index (χ1) is 5.11. The smallest absolute Gasteiger partial charge is 0.106 e. The molecule has 0 saturated heterocycles. The molecule has 0 aliphatic heterocycles. The van der Waals surface area contributed by atoms with Gasteiger partial charge in [-0.1, -0.05) is 19.9 Å². The van der Waals surface area contributed by atoms with Crippen molar-refractivity contribution in [1.82, 2.24) is 4.98 Å². The van der Waals surface area contributed by atoms with Gasteiger partial charge in [0.1, 0.15) is 4.60 Å². The van der Waals surface area contributed by atoms with Crippen LogP contribution in [0.25, 0.3) is 0 Å².